The molecule has 0 heterocycles. The number of hydrogen-bond acceptors (Lipinski definition) is 3. The molecule has 0 bridgehead atoms. The average Bonchev–Trinajstić information content (AvgIpc) is 2.30. The van der Waals surface area contributed by atoms with Crippen LogP contribution in [0.3, 0.4) is 0 Å². The molecule has 0 saturated heterocycles. The summed E-state index contributed by atoms with van der Waals surface area (Å²) in [5, 5.41) is 5.31. The number of nitrogens with one attached hydrogen (secondary N) is 2. The zero-order chi connectivity index (χ0) is 12.8. The highest BCUT2D eigenvalue weighted by Gasteiger charge is 2.05. The molecule has 17 heavy (non-hydrogen) atoms. The maximum absolute atomic E-state index is 13.5. The van der Waals surface area contributed by atoms with Crippen LogP contribution in [0.2, 0.25) is 0 Å². The second kappa shape index (κ2) is 6.15. The number of halogens is 1. The Morgan fingerprint density at radius 3 is 2.76 bits per heavy atom. The normalized spacial score (nSPS) is 9.76. The van der Waals surface area contributed by atoms with Crippen LogP contribution in [0.1, 0.15) is 12.0 Å². The second-order valence-electron chi connectivity index (χ2n) is 3.41. The van der Waals surface area contributed by atoms with Crippen LogP contribution in [0.25, 0.3) is 0 Å². The van der Waals surface area contributed by atoms with E-state index in [0.717, 1.165) is 0 Å². The molecule has 0 aliphatic rings. The highest BCUT2D eigenvalue weighted by molar-refractivity contribution is 7.80. The topological polar surface area (TPSA) is 67.2 Å². The Balaban J connectivity index is 2.60. The molecule has 0 radical (unpaired) electrons. The molecule has 1 aromatic carbocycles. The van der Waals surface area contributed by atoms with E-state index in [1.165, 1.54) is 6.07 Å². The third-order valence-corrected chi connectivity index (χ3v) is 2.44. The molecule has 1 aromatic rings. The van der Waals surface area contributed by atoms with Crippen molar-refractivity contribution in [3.63, 3.8) is 0 Å². The maximum atomic E-state index is 13.5. The molecule has 4 N–H and O–H groups in total. The largest absolute Gasteiger partial charge is 0.389 e. The first kappa shape index (κ1) is 13.4. The standard InChI is InChI=1S/C11H14FN3OS/c1-14-10(16)4-5-15-9-3-2-7(11(13)17)6-8(9)12/h2-3,6,15H,4-5H2,1H3,(H2,13,17)(H,14,16). The first-order valence-corrected chi connectivity index (χ1v) is 5.49. The van der Waals surface area contributed by atoms with Crippen molar-refractivity contribution in [2.45, 2.75) is 6.42 Å². The van der Waals surface area contributed by atoms with Crippen LogP contribution in [-0.4, -0.2) is 24.5 Å². The fourth-order valence-corrected chi connectivity index (χ4v) is 1.37. The fourth-order valence-electron chi connectivity index (χ4n) is 1.25. The zero-order valence-electron chi connectivity index (χ0n) is 9.42. The van der Waals surface area contributed by atoms with Gasteiger partial charge in [0.2, 0.25) is 5.91 Å². The minimum atomic E-state index is -0.438. The van der Waals surface area contributed by atoms with Gasteiger partial charge in [0.15, 0.2) is 0 Å². The van der Waals surface area contributed by atoms with E-state index in [1.807, 2.05) is 0 Å². The van der Waals surface area contributed by atoms with Crippen molar-refractivity contribution in [1.82, 2.24) is 5.32 Å². The molecule has 1 rings (SSSR count). The molecular formula is C11H14FN3OS. The Hall–Kier alpha value is -1.69. The maximum Gasteiger partial charge on any atom is 0.221 e. The van der Waals surface area contributed by atoms with E-state index in [-0.39, 0.29) is 17.3 Å². The monoisotopic (exact) mass is 255 g/mol. The third kappa shape index (κ3) is 3.99. The van der Waals surface area contributed by atoms with Crippen LogP contribution in [0.5, 0.6) is 0 Å². The quantitative estimate of drug-likeness (QED) is 0.687. The van der Waals surface area contributed by atoms with Crippen LogP contribution in [0.4, 0.5) is 10.1 Å². The van der Waals surface area contributed by atoms with Gasteiger partial charge in [0.1, 0.15) is 10.8 Å². The summed E-state index contributed by atoms with van der Waals surface area (Å²) in [6.07, 6.45) is 0.285. The molecule has 0 spiro atoms. The van der Waals surface area contributed by atoms with Crippen molar-refractivity contribution in [2.24, 2.45) is 5.73 Å². The summed E-state index contributed by atoms with van der Waals surface area (Å²) in [4.78, 5) is 11.1. The molecule has 92 valence electrons. The zero-order valence-corrected chi connectivity index (χ0v) is 10.2. The molecular weight excluding hydrogens is 241 g/mol. The lowest BCUT2D eigenvalue weighted by molar-refractivity contribution is -0.120. The summed E-state index contributed by atoms with van der Waals surface area (Å²) < 4.78 is 13.5. The van der Waals surface area contributed by atoms with E-state index in [4.69, 9.17) is 18.0 Å². The molecule has 4 nitrogen and oxygen atoms in total. The molecule has 6 heteroatoms. The summed E-state index contributed by atoms with van der Waals surface area (Å²) in [6, 6.07) is 4.45. The Morgan fingerprint density at radius 1 is 1.53 bits per heavy atom. The van der Waals surface area contributed by atoms with Crippen molar-refractivity contribution >= 4 is 28.8 Å². The minimum absolute atomic E-state index is 0.0994. The van der Waals surface area contributed by atoms with E-state index < -0.39 is 5.82 Å². The predicted molar refractivity (Wildman–Crippen MR) is 69.5 cm³/mol. The first-order chi connectivity index (χ1) is 8.04. The van der Waals surface area contributed by atoms with Gasteiger partial charge in [-0.1, -0.05) is 12.2 Å². The number of benzene rings is 1. The van der Waals surface area contributed by atoms with Crippen molar-refractivity contribution < 1.29 is 9.18 Å². The molecule has 0 aliphatic carbocycles. The van der Waals surface area contributed by atoms with E-state index in [2.05, 4.69) is 10.6 Å². The highest BCUT2D eigenvalue weighted by Crippen LogP contribution is 2.15. The third-order valence-electron chi connectivity index (χ3n) is 2.20. The van der Waals surface area contributed by atoms with Gasteiger partial charge in [0, 0.05) is 25.6 Å². The first-order valence-electron chi connectivity index (χ1n) is 5.08. The Labute approximate surface area is 104 Å². The van der Waals surface area contributed by atoms with Crippen molar-refractivity contribution in [3.05, 3.63) is 29.6 Å². The smallest absolute Gasteiger partial charge is 0.221 e. The molecule has 0 aliphatic heterocycles. The number of rotatable bonds is 5. The number of anilines is 1. The SMILES string of the molecule is CNC(=O)CCNc1ccc(C(N)=S)cc1F. The molecule has 0 unspecified atom stereocenters. The Bertz CT molecular complexity index is 437. The lowest BCUT2D eigenvalue weighted by Crippen LogP contribution is -2.21. The summed E-state index contributed by atoms with van der Waals surface area (Å²) in [6.45, 7) is 0.364. The van der Waals surface area contributed by atoms with Crippen molar-refractivity contribution in [2.75, 3.05) is 18.9 Å². The molecule has 0 saturated carbocycles. The van der Waals surface area contributed by atoms with Gasteiger partial charge in [-0.25, -0.2) is 4.39 Å². The van der Waals surface area contributed by atoms with Crippen LogP contribution in [0, 0.1) is 5.82 Å². The van der Waals surface area contributed by atoms with Crippen LogP contribution < -0.4 is 16.4 Å². The van der Waals surface area contributed by atoms with Crippen molar-refractivity contribution in [1.29, 1.82) is 0 Å². The lowest BCUT2D eigenvalue weighted by Gasteiger charge is -2.08. The summed E-state index contributed by atoms with van der Waals surface area (Å²) in [7, 11) is 1.56. The van der Waals surface area contributed by atoms with Gasteiger partial charge in [-0.05, 0) is 18.2 Å². The molecule has 0 fully saturated rings. The van der Waals surface area contributed by atoms with Gasteiger partial charge in [0.25, 0.3) is 0 Å². The van der Waals surface area contributed by atoms with E-state index >= 15 is 0 Å². The lowest BCUT2D eigenvalue weighted by atomic mass is 10.2. The van der Waals surface area contributed by atoms with E-state index in [1.54, 1.807) is 19.2 Å². The predicted octanol–water partition coefficient (Wildman–Crippen LogP) is 1.01. The number of hydrogen-bond donors (Lipinski definition) is 3. The summed E-state index contributed by atoms with van der Waals surface area (Å²) in [5.41, 5.74) is 6.19. The molecule has 1 amide bonds. The number of nitrogens with two attached hydrogens (primary N) is 1. The van der Waals surface area contributed by atoms with Crippen LogP contribution in [0.15, 0.2) is 18.2 Å². The van der Waals surface area contributed by atoms with E-state index in [0.29, 0.717) is 17.8 Å². The molecule has 0 aromatic heterocycles. The number of carbonyl (C=O) groups excluding carboxylic acids is 1. The van der Waals surface area contributed by atoms with Gasteiger partial charge in [-0.3, -0.25) is 4.79 Å². The number of carbonyl (C=O) groups is 1. The summed E-state index contributed by atoms with van der Waals surface area (Å²) >= 11 is 4.74. The van der Waals surface area contributed by atoms with Gasteiger partial charge >= 0.3 is 0 Å². The Kier molecular flexibility index (Phi) is 4.84. The Morgan fingerprint density at radius 2 is 2.24 bits per heavy atom. The minimum Gasteiger partial charge on any atom is -0.389 e. The summed E-state index contributed by atoms with van der Waals surface area (Å²) in [5.74, 6) is -0.537. The van der Waals surface area contributed by atoms with Gasteiger partial charge in [0.05, 0.1) is 5.69 Å². The van der Waals surface area contributed by atoms with Gasteiger partial charge < -0.3 is 16.4 Å². The number of amides is 1. The van der Waals surface area contributed by atoms with Gasteiger partial charge in [-0.15, -0.1) is 0 Å². The van der Waals surface area contributed by atoms with Gasteiger partial charge in [-0.2, -0.15) is 0 Å². The fraction of sp³-hybridized carbons (Fsp3) is 0.273. The molecule has 0 atom stereocenters. The second-order valence-corrected chi connectivity index (χ2v) is 3.85. The van der Waals surface area contributed by atoms with Crippen LogP contribution in [-0.2, 0) is 4.79 Å². The van der Waals surface area contributed by atoms with Crippen LogP contribution >= 0.6 is 12.2 Å². The van der Waals surface area contributed by atoms with Crippen molar-refractivity contribution in [3.8, 4) is 0 Å². The number of thiocarbonyl (C=S) groups is 1. The van der Waals surface area contributed by atoms with E-state index in [9.17, 15) is 9.18 Å². The highest BCUT2D eigenvalue weighted by atomic mass is 32.1. The average molecular weight is 255 g/mol.